The smallest absolute Gasteiger partial charge is 0.230 e. The summed E-state index contributed by atoms with van der Waals surface area (Å²) in [5.74, 6) is -2.10. The molecule has 0 amide bonds. The average molecular weight is 266 g/mol. The first kappa shape index (κ1) is 13.8. The van der Waals surface area contributed by atoms with Crippen LogP contribution in [0.4, 0.5) is 14.5 Å². The molecule has 8 heteroatoms. The summed E-state index contributed by atoms with van der Waals surface area (Å²) in [6.07, 6.45) is 0.789. The first-order valence-corrected chi connectivity index (χ1v) is 6.50. The van der Waals surface area contributed by atoms with Gasteiger partial charge < -0.3 is 5.21 Å². The lowest BCUT2D eigenvalue weighted by molar-refractivity contribution is 0.133. The van der Waals surface area contributed by atoms with Crippen LogP contribution in [0.3, 0.4) is 0 Å². The van der Waals surface area contributed by atoms with Crippen molar-refractivity contribution in [1.82, 2.24) is 5.48 Å². The standard InChI is InChI=1S/C9H12F2N2O3S/c1-5(12-14)6-3-7(10)9(8(11)4-6)13-17(2,15)16/h3-5,12-14H,1-2H3. The molecule has 0 aliphatic carbocycles. The van der Waals surface area contributed by atoms with Crippen molar-refractivity contribution in [2.24, 2.45) is 0 Å². The van der Waals surface area contributed by atoms with Crippen molar-refractivity contribution >= 4 is 15.7 Å². The molecule has 1 rings (SSSR count). The van der Waals surface area contributed by atoms with Crippen LogP contribution in [0.2, 0.25) is 0 Å². The van der Waals surface area contributed by atoms with E-state index in [1.807, 2.05) is 5.48 Å². The molecule has 1 unspecified atom stereocenters. The highest BCUT2D eigenvalue weighted by Crippen LogP contribution is 2.24. The lowest BCUT2D eigenvalue weighted by atomic mass is 10.1. The third kappa shape index (κ3) is 3.62. The summed E-state index contributed by atoms with van der Waals surface area (Å²) in [4.78, 5) is 0. The van der Waals surface area contributed by atoms with E-state index in [0.29, 0.717) is 0 Å². The molecular weight excluding hydrogens is 254 g/mol. The van der Waals surface area contributed by atoms with E-state index in [9.17, 15) is 17.2 Å². The zero-order chi connectivity index (χ0) is 13.2. The minimum Gasteiger partial charge on any atom is -0.316 e. The Bertz CT molecular complexity index is 496. The molecule has 0 saturated heterocycles. The van der Waals surface area contributed by atoms with Crippen LogP contribution in [0.5, 0.6) is 0 Å². The lowest BCUT2D eigenvalue weighted by Crippen LogP contribution is -2.16. The van der Waals surface area contributed by atoms with Gasteiger partial charge >= 0.3 is 0 Å². The molecule has 0 fully saturated rings. The molecule has 1 atom stereocenters. The van der Waals surface area contributed by atoms with Crippen molar-refractivity contribution in [3.8, 4) is 0 Å². The molecule has 0 aromatic heterocycles. The number of halogens is 2. The summed E-state index contributed by atoms with van der Waals surface area (Å²) < 4.78 is 50.4. The van der Waals surface area contributed by atoms with Crippen molar-refractivity contribution in [2.75, 3.05) is 11.0 Å². The van der Waals surface area contributed by atoms with Gasteiger partial charge in [-0.05, 0) is 24.6 Å². The number of anilines is 1. The molecule has 1 aromatic carbocycles. The number of sulfonamides is 1. The number of hydrogen-bond donors (Lipinski definition) is 3. The minimum atomic E-state index is -3.76. The molecule has 0 spiro atoms. The second-order valence-corrected chi connectivity index (χ2v) is 5.33. The van der Waals surface area contributed by atoms with Crippen LogP contribution in [0.25, 0.3) is 0 Å². The number of benzene rings is 1. The van der Waals surface area contributed by atoms with Gasteiger partial charge in [0.2, 0.25) is 10.0 Å². The SMILES string of the molecule is CC(NO)c1cc(F)c(NS(C)(=O)=O)c(F)c1. The van der Waals surface area contributed by atoms with Crippen LogP contribution in [0.1, 0.15) is 18.5 Å². The van der Waals surface area contributed by atoms with Crippen LogP contribution in [-0.4, -0.2) is 19.9 Å². The third-order valence-corrected chi connectivity index (χ3v) is 2.62. The molecule has 0 bridgehead atoms. The van der Waals surface area contributed by atoms with Crippen LogP contribution in [0, 0.1) is 11.6 Å². The third-order valence-electron chi connectivity index (χ3n) is 2.05. The highest BCUT2D eigenvalue weighted by molar-refractivity contribution is 7.92. The zero-order valence-electron chi connectivity index (χ0n) is 9.16. The van der Waals surface area contributed by atoms with Crippen molar-refractivity contribution in [3.05, 3.63) is 29.3 Å². The molecule has 0 aliphatic rings. The van der Waals surface area contributed by atoms with E-state index in [1.165, 1.54) is 6.92 Å². The van der Waals surface area contributed by atoms with E-state index >= 15 is 0 Å². The van der Waals surface area contributed by atoms with Crippen LogP contribution < -0.4 is 10.2 Å². The van der Waals surface area contributed by atoms with E-state index in [0.717, 1.165) is 18.4 Å². The van der Waals surface area contributed by atoms with Crippen molar-refractivity contribution in [1.29, 1.82) is 0 Å². The van der Waals surface area contributed by atoms with Gasteiger partial charge in [0.05, 0.1) is 12.3 Å². The molecule has 5 nitrogen and oxygen atoms in total. The van der Waals surface area contributed by atoms with Crippen molar-refractivity contribution in [3.63, 3.8) is 0 Å². The first-order valence-electron chi connectivity index (χ1n) is 4.61. The summed E-state index contributed by atoms with van der Waals surface area (Å²) >= 11 is 0. The predicted molar refractivity (Wildman–Crippen MR) is 58.2 cm³/mol. The Kier molecular flexibility index (Phi) is 4.02. The first-order chi connectivity index (χ1) is 7.74. The molecule has 0 saturated carbocycles. The fraction of sp³-hybridized carbons (Fsp3) is 0.333. The lowest BCUT2D eigenvalue weighted by Gasteiger charge is -2.12. The van der Waals surface area contributed by atoms with Gasteiger partial charge in [-0.1, -0.05) is 0 Å². The van der Waals surface area contributed by atoms with E-state index in [1.54, 1.807) is 4.72 Å². The Morgan fingerprint density at radius 1 is 1.29 bits per heavy atom. The molecule has 3 N–H and O–H groups in total. The Labute approximate surface area is 97.5 Å². The summed E-state index contributed by atoms with van der Waals surface area (Å²) in [5, 5.41) is 8.62. The molecule has 17 heavy (non-hydrogen) atoms. The summed E-state index contributed by atoms with van der Waals surface area (Å²) in [6.45, 7) is 1.48. The summed E-state index contributed by atoms with van der Waals surface area (Å²) in [5.41, 5.74) is 1.25. The number of rotatable bonds is 4. The van der Waals surface area contributed by atoms with E-state index in [-0.39, 0.29) is 5.56 Å². The Balaban J connectivity index is 3.20. The number of nitrogens with one attached hydrogen (secondary N) is 2. The normalized spacial score (nSPS) is 13.5. The molecule has 0 radical (unpaired) electrons. The number of hydroxylamine groups is 1. The van der Waals surface area contributed by atoms with E-state index in [4.69, 9.17) is 5.21 Å². The predicted octanol–water partition coefficient (Wildman–Crippen LogP) is 1.38. The molecular formula is C9H12F2N2O3S. The van der Waals surface area contributed by atoms with Gasteiger partial charge in [0.25, 0.3) is 0 Å². The molecule has 1 aromatic rings. The quantitative estimate of drug-likeness (QED) is 0.719. The van der Waals surface area contributed by atoms with Gasteiger partial charge in [-0.15, -0.1) is 0 Å². The fourth-order valence-corrected chi connectivity index (χ4v) is 1.77. The van der Waals surface area contributed by atoms with Crippen LogP contribution in [0.15, 0.2) is 12.1 Å². The van der Waals surface area contributed by atoms with Gasteiger partial charge in [-0.25, -0.2) is 17.2 Å². The van der Waals surface area contributed by atoms with Crippen LogP contribution in [-0.2, 0) is 10.0 Å². The monoisotopic (exact) mass is 266 g/mol. The van der Waals surface area contributed by atoms with Crippen LogP contribution >= 0.6 is 0 Å². The topological polar surface area (TPSA) is 78.4 Å². The molecule has 0 aliphatic heterocycles. The molecule has 0 heterocycles. The van der Waals surface area contributed by atoms with Gasteiger partial charge in [0.15, 0.2) is 11.6 Å². The Morgan fingerprint density at radius 2 is 1.76 bits per heavy atom. The minimum absolute atomic E-state index is 0.154. The van der Waals surface area contributed by atoms with Gasteiger partial charge in [-0.2, -0.15) is 5.48 Å². The number of hydrogen-bond acceptors (Lipinski definition) is 4. The average Bonchev–Trinajstić information content (AvgIpc) is 2.20. The molecule has 96 valence electrons. The summed E-state index contributed by atoms with van der Waals surface area (Å²) in [6, 6.07) is 1.20. The Hall–Kier alpha value is -1.25. The maximum Gasteiger partial charge on any atom is 0.230 e. The zero-order valence-corrected chi connectivity index (χ0v) is 9.98. The second kappa shape index (κ2) is 4.94. The largest absolute Gasteiger partial charge is 0.316 e. The van der Waals surface area contributed by atoms with Gasteiger partial charge in [0.1, 0.15) is 5.69 Å². The van der Waals surface area contributed by atoms with Gasteiger partial charge in [0, 0.05) is 0 Å². The fourth-order valence-electron chi connectivity index (χ4n) is 1.20. The Morgan fingerprint density at radius 3 is 2.12 bits per heavy atom. The highest BCUT2D eigenvalue weighted by Gasteiger charge is 2.16. The van der Waals surface area contributed by atoms with E-state index in [2.05, 4.69) is 0 Å². The van der Waals surface area contributed by atoms with Crippen molar-refractivity contribution < 1.29 is 22.4 Å². The van der Waals surface area contributed by atoms with Crippen molar-refractivity contribution in [2.45, 2.75) is 13.0 Å². The maximum absolute atomic E-state index is 13.5. The summed E-state index contributed by atoms with van der Waals surface area (Å²) in [7, 11) is -3.76. The van der Waals surface area contributed by atoms with Gasteiger partial charge in [-0.3, -0.25) is 4.72 Å². The second-order valence-electron chi connectivity index (χ2n) is 3.58. The highest BCUT2D eigenvalue weighted by atomic mass is 32.2. The van der Waals surface area contributed by atoms with E-state index < -0.39 is 33.4 Å². The maximum atomic E-state index is 13.5.